The zero-order valence-corrected chi connectivity index (χ0v) is 18.2. The molecular formula is C23H23F3N6O2. The first-order chi connectivity index (χ1) is 16.3. The number of carbonyl (C=O) groups excluding carboxylic acids is 2. The molecule has 2 aromatic heterocycles. The summed E-state index contributed by atoms with van der Waals surface area (Å²) in [5.74, 6) is -0.239. The van der Waals surface area contributed by atoms with Gasteiger partial charge in [0.2, 0.25) is 0 Å². The molecule has 3 aromatic rings. The van der Waals surface area contributed by atoms with Crippen molar-refractivity contribution in [2.75, 3.05) is 37.6 Å². The quantitative estimate of drug-likeness (QED) is 0.576. The number of amides is 2. The average molecular weight is 472 g/mol. The van der Waals surface area contributed by atoms with Gasteiger partial charge < -0.3 is 20.1 Å². The van der Waals surface area contributed by atoms with Gasteiger partial charge in [-0.2, -0.15) is 13.2 Å². The molecule has 178 valence electrons. The SMILES string of the molecule is O=C(NCCc1cnc[nH]1)c1ccc(N2CCN(C(=O)c3ccccc3C(F)(F)F)CC2)nc1. The highest BCUT2D eigenvalue weighted by Crippen LogP contribution is 2.32. The van der Waals surface area contributed by atoms with E-state index in [9.17, 15) is 22.8 Å². The molecule has 1 aliphatic heterocycles. The van der Waals surface area contributed by atoms with E-state index in [1.54, 1.807) is 24.7 Å². The molecule has 0 spiro atoms. The summed E-state index contributed by atoms with van der Waals surface area (Å²) in [6.07, 6.45) is 0.804. The Kier molecular flexibility index (Phi) is 6.80. The number of aromatic amines is 1. The van der Waals surface area contributed by atoms with Gasteiger partial charge in [-0.05, 0) is 24.3 Å². The van der Waals surface area contributed by atoms with Crippen LogP contribution in [0.5, 0.6) is 0 Å². The molecule has 3 heterocycles. The van der Waals surface area contributed by atoms with Crippen molar-refractivity contribution >= 4 is 17.6 Å². The van der Waals surface area contributed by atoms with Crippen molar-refractivity contribution in [1.29, 1.82) is 0 Å². The van der Waals surface area contributed by atoms with Gasteiger partial charge in [-0.25, -0.2) is 9.97 Å². The first-order valence-corrected chi connectivity index (χ1v) is 10.7. The van der Waals surface area contributed by atoms with E-state index in [1.807, 2.05) is 4.90 Å². The van der Waals surface area contributed by atoms with Crippen LogP contribution in [0.25, 0.3) is 0 Å². The van der Waals surface area contributed by atoms with Crippen LogP contribution >= 0.6 is 0 Å². The van der Waals surface area contributed by atoms with Crippen molar-refractivity contribution in [3.63, 3.8) is 0 Å². The number of nitrogens with zero attached hydrogens (tertiary/aromatic N) is 4. The number of carbonyl (C=O) groups is 2. The lowest BCUT2D eigenvalue weighted by Gasteiger charge is -2.35. The first-order valence-electron chi connectivity index (χ1n) is 10.7. The van der Waals surface area contributed by atoms with Crippen LogP contribution in [-0.2, 0) is 12.6 Å². The number of anilines is 1. The molecule has 0 bridgehead atoms. The summed E-state index contributed by atoms with van der Waals surface area (Å²) in [6, 6.07) is 8.22. The molecule has 0 saturated carbocycles. The predicted octanol–water partition coefficient (Wildman–Crippen LogP) is 2.76. The molecule has 1 saturated heterocycles. The van der Waals surface area contributed by atoms with E-state index in [0.717, 1.165) is 11.8 Å². The number of pyridine rings is 1. The molecular weight excluding hydrogens is 449 g/mol. The normalized spacial score (nSPS) is 14.2. The van der Waals surface area contributed by atoms with E-state index in [-0.39, 0.29) is 24.6 Å². The number of alkyl halides is 3. The zero-order chi connectivity index (χ0) is 24.1. The Balaban J connectivity index is 1.31. The fourth-order valence-corrected chi connectivity index (χ4v) is 3.77. The van der Waals surface area contributed by atoms with Gasteiger partial charge in [-0.15, -0.1) is 0 Å². The lowest BCUT2D eigenvalue weighted by Crippen LogP contribution is -2.49. The molecule has 0 aliphatic carbocycles. The van der Waals surface area contributed by atoms with Crippen LogP contribution < -0.4 is 10.2 Å². The number of imidazole rings is 1. The number of halogens is 3. The topological polar surface area (TPSA) is 94.2 Å². The molecule has 0 radical (unpaired) electrons. The van der Waals surface area contributed by atoms with Crippen LogP contribution in [0.3, 0.4) is 0 Å². The van der Waals surface area contributed by atoms with Crippen LogP contribution in [0.4, 0.5) is 19.0 Å². The van der Waals surface area contributed by atoms with Gasteiger partial charge in [0.05, 0.1) is 23.0 Å². The molecule has 8 nitrogen and oxygen atoms in total. The number of hydrogen-bond acceptors (Lipinski definition) is 5. The van der Waals surface area contributed by atoms with Crippen molar-refractivity contribution < 1.29 is 22.8 Å². The molecule has 4 rings (SSSR count). The van der Waals surface area contributed by atoms with Crippen molar-refractivity contribution in [3.8, 4) is 0 Å². The van der Waals surface area contributed by atoms with E-state index in [1.165, 1.54) is 29.3 Å². The van der Waals surface area contributed by atoms with Crippen molar-refractivity contribution in [3.05, 3.63) is 77.5 Å². The number of piperazine rings is 1. The highest BCUT2D eigenvalue weighted by molar-refractivity contribution is 5.96. The second kappa shape index (κ2) is 9.94. The van der Waals surface area contributed by atoms with Gasteiger partial charge in [-0.1, -0.05) is 12.1 Å². The molecule has 2 amide bonds. The fraction of sp³-hybridized carbons (Fsp3) is 0.304. The summed E-state index contributed by atoms with van der Waals surface area (Å²) >= 11 is 0. The van der Waals surface area contributed by atoms with E-state index < -0.39 is 17.6 Å². The minimum absolute atomic E-state index is 0.239. The Morgan fingerprint density at radius 1 is 1.03 bits per heavy atom. The Morgan fingerprint density at radius 3 is 2.44 bits per heavy atom. The van der Waals surface area contributed by atoms with Gasteiger partial charge in [0.1, 0.15) is 5.82 Å². The maximum Gasteiger partial charge on any atom is 0.417 e. The van der Waals surface area contributed by atoms with Gasteiger partial charge in [0.15, 0.2) is 0 Å². The highest BCUT2D eigenvalue weighted by Gasteiger charge is 2.36. The summed E-state index contributed by atoms with van der Waals surface area (Å²) in [6.45, 7) is 1.83. The van der Waals surface area contributed by atoms with Crippen molar-refractivity contribution in [1.82, 2.24) is 25.2 Å². The zero-order valence-electron chi connectivity index (χ0n) is 18.2. The molecule has 11 heteroatoms. The molecule has 0 unspecified atom stereocenters. The number of aromatic nitrogens is 3. The Hall–Kier alpha value is -3.89. The molecule has 1 aromatic carbocycles. The summed E-state index contributed by atoms with van der Waals surface area (Å²) in [4.78, 5) is 39.6. The van der Waals surface area contributed by atoms with E-state index in [2.05, 4.69) is 20.3 Å². The van der Waals surface area contributed by atoms with Gasteiger partial charge in [0.25, 0.3) is 11.8 Å². The maximum atomic E-state index is 13.3. The van der Waals surface area contributed by atoms with E-state index >= 15 is 0 Å². The largest absolute Gasteiger partial charge is 0.417 e. The summed E-state index contributed by atoms with van der Waals surface area (Å²) < 4.78 is 39.8. The molecule has 34 heavy (non-hydrogen) atoms. The summed E-state index contributed by atoms with van der Waals surface area (Å²) in [5.41, 5.74) is 0.0752. The van der Waals surface area contributed by atoms with Crippen LogP contribution in [0, 0.1) is 0 Å². The standard InChI is InChI=1S/C23H23F3N6O2/c24-23(25,26)19-4-2-1-3-18(19)22(34)32-11-9-31(10-12-32)20-6-5-16(13-29-20)21(33)28-8-7-17-14-27-15-30-17/h1-6,13-15H,7-12H2,(H,27,30)(H,28,33). The summed E-state index contributed by atoms with van der Waals surface area (Å²) in [5, 5.41) is 2.82. The van der Waals surface area contributed by atoms with Crippen LogP contribution in [-0.4, -0.2) is 64.4 Å². The second-order valence-corrected chi connectivity index (χ2v) is 7.81. The number of hydrogen-bond donors (Lipinski definition) is 2. The molecule has 1 aliphatic rings. The Morgan fingerprint density at radius 2 is 1.79 bits per heavy atom. The summed E-state index contributed by atoms with van der Waals surface area (Å²) in [7, 11) is 0. The third-order valence-corrected chi connectivity index (χ3v) is 5.60. The maximum absolute atomic E-state index is 13.3. The second-order valence-electron chi connectivity index (χ2n) is 7.81. The Labute approximate surface area is 193 Å². The molecule has 1 fully saturated rings. The van der Waals surface area contributed by atoms with Crippen molar-refractivity contribution in [2.45, 2.75) is 12.6 Å². The minimum Gasteiger partial charge on any atom is -0.353 e. The van der Waals surface area contributed by atoms with Gasteiger partial charge in [-0.3, -0.25) is 9.59 Å². The van der Waals surface area contributed by atoms with Gasteiger partial charge >= 0.3 is 6.18 Å². The smallest absolute Gasteiger partial charge is 0.353 e. The average Bonchev–Trinajstić information content (AvgIpc) is 3.37. The fourth-order valence-electron chi connectivity index (χ4n) is 3.77. The lowest BCUT2D eigenvalue weighted by atomic mass is 10.1. The lowest BCUT2D eigenvalue weighted by molar-refractivity contribution is -0.138. The van der Waals surface area contributed by atoms with E-state index in [0.29, 0.717) is 37.4 Å². The number of rotatable bonds is 6. The van der Waals surface area contributed by atoms with Gasteiger partial charge in [0, 0.05) is 57.2 Å². The third-order valence-electron chi connectivity index (χ3n) is 5.60. The van der Waals surface area contributed by atoms with E-state index in [4.69, 9.17) is 0 Å². The van der Waals surface area contributed by atoms with Crippen LogP contribution in [0.1, 0.15) is 32.0 Å². The number of nitrogens with one attached hydrogen (secondary N) is 2. The number of benzene rings is 1. The molecule has 2 N–H and O–H groups in total. The molecule has 0 atom stereocenters. The minimum atomic E-state index is -4.59. The monoisotopic (exact) mass is 472 g/mol. The van der Waals surface area contributed by atoms with Crippen LogP contribution in [0.15, 0.2) is 55.1 Å². The third kappa shape index (κ3) is 5.36. The Bertz CT molecular complexity index is 1120. The highest BCUT2D eigenvalue weighted by atomic mass is 19.4. The first kappa shape index (κ1) is 23.3. The predicted molar refractivity (Wildman–Crippen MR) is 118 cm³/mol. The van der Waals surface area contributed by atoms with Crippen LogP contribution in [0.2, 0.25) is 0 Å². The number of H-pyrrole nitrogens is 1. The van der Waals surface area contributed by atoms with Crippen molar-refractivity contribution in [2.24, 2.45) is 0 Å².